The van der Waals surface area contributed by atoms with E-state index in [0.29, 0.717) is 56.4 Å². The minimum absolute atomic E-state index is 0.0460. The first-order valence-electron chi connectivity index (χ1n) is 12.6. The highest BCUT2D eigenvalue weighted by molar-refractivity contribution is 7.89. The Morgan fingerprint density at radius 3 is 2.38 bits per heavy atom. The van der Waals surface area contributed by atoms with Crippen molar-refractivity contribution >= 4 is 27.3 Å². The molecule has 0 bridgehead atoms. The molecular formula is C24H36N4O5S. The second-order valence-electron chi connectivity index (χ2n) is 9.86. The number of anilines is 2. The van der Waals surface area contributed by atoms with Crippen LogP contribution in [0.4, 0.5) is 11.4 Å². The number of nitrogens with one attached hydrogen (secondary N) is 3. The van der Waals surface area contributed by atoms with Crippen LogP contribution >= 0.6 is 0 Å². The molecule has 2 saturated heterocycles. The van der Waals surface area contributed by atoms with Crippen LogP contribution in [0.15, 0.2) is 23.1 Å². The summed E-state index contributed by atoms with van der Waals surface area (Å²) in [6.45, 7) is 3.00. The van der Waals surface area contributed by atoms with Gasteiger partial charge >= 0.3 is 0 Å². The fourth-order valence-electron chi connectivity index (χ4n) is 4.89. The molecule has 0 aromatic heterocycles. The molecule has 2 saturated carbocycles. The van der Waals surface area contributed by atoms with Crippen molar-refractivity contribution in [3.8, 4) is 0 Å². The molecule has 1 amide bonds. The SMILES string of the molecule is O=C(CNc1cc(S(=O)(=O)N2CCOCC2)ccc1NCC1CCCO1)NC(C1CC1)C1CC1. The summed E-state index contributed by atoms with van der Waals surface area (Å²) in [7, 11) is -3.64. The van der Waals surface area contributed by atoms with Gasteiger partial charge in [0.05, 0.1) is 42.1 Å². The Morgan fingerprint density at radius 2 is 1.74 bits per heavy atom. The average Bonchev–Trinajstić information content (AvgIpc) is 3.80. The van der Waals surface area contributed by atoms with E-state index in [4.69, 9.17) is 9.47 Å². The van der Waals surface area contributed by atoms with Crippen LogP contribution in [0.3, 0.4) is 0 Å². The molecule has 1 aromatic rings. The van der Waals surface area contributed by atoms with Crippen LogP contribution in [0, 0.1) is 11.8 Å². The smallest absolute Gasteiger partial charge is 0.243 e. The highest BCUT2D eigenvalue weighted by Gasteiger charge is 2.42. The molecule has 1 unspecified atom stereocenters. The van der Waals surface area contributed by atoms with Crippen molar-refractivity contribution in [3.05, 3.63) is 18.2 Å². The monoisotopic (exact) mass is 492 g/mol. The molecule has 2 heterocycles. The van der Waals surface area contributed by atoms with Crippen molar-refractivity contribution in [2.24, 2.45) is 11.8 Å². The van der Waals surface area contributed by atoms with E-state index in [2.05, 4.69) is 16.0 Å². The number of carbonyl (C=O) groups excluding carboxylic acids is 1. The molecule has 2 aliphatic heterocycles. The van der Waals surface area contributed by atoms with Gasteiger partial charge in [-0.2, -0.15) is 4.31 Å². The van der Waals surface area contributed by atoms with Crippen molar-refractivity contribution in [2.75, 3.05) is 56.6 Å². The number of hydrogen-bond acceptors (Lipinski definition) is 7. The molecule has 9 nitrogen and oxygen atoms in total. The predicted molar refractivity (Wildman–Crippen MR) is 129 cm³/mol. The van der Waals surface area contributed by atoms with Crippen molar-refractivity contribution < 1.29 is 22.7 Å². The van der Waals surface area contributed by atoms with E-state index in [9.17, 15) is 13.2 Å². The van der Waals surface area contributed by atoms with Gasteiger partial charge in [-0.1, -0.05) is 0 Å². The molecule has 1 atom stereocenters. The molecular weight excluding hydrogens is 456 g/mol. The third kappa shape index (κ3) is 5.84. The van der Waals surface area contributed by atoms with E-state index in [1.165, 1.54) is 30.0 Å². The number of amides is 1. The maximum Gasteiger partial charge on any atom is 0.243 e. The number of morpholine rings is 1. The van der Waals surface area contributed by atoms with Crippen molar-refractivity contribution in [1.82, 2.24) is 9.62 Å². The fourth-order valence-corrected chi connectivity index (χ4v) is 6.33. The van der Waals surface area contributed by atoms with Crippen LogP contribution < -0.4 is 16.0 Å². The van der Waals surface area contributed by atoms with Crippen LogP contribution in [-0.4, -0.2) is 76.8 Å². The number of hydrogen-bond donors (Lipinski definition) is 3. The lowest BCUT2D eigenvalue weighted by Crippen LogP contribution is -2.41. The minimum Gasteiger partial charge on any atom is -0.381 e. The van der Waals surface area contributed by atoms with Gasteiger partial charge in [-0.15, -0.1) is 0 Å². The Balaban J connectivity index is 1.29. The molecule has 5 rings (SSSR count). The average molecular weight is 493 g/mol. The largest absolute Gasteiger partial charge is 0.381 e. The molecule has 3 N–H and O–H groups in total. The van der Waals surface area contributed by atoms with Gasteiger partial charge in [0.25, 0.3) is 0 Å². The van der Waals surface area contributed by atoms with Gasteiger partial charge in [0.15, 0.2) is 0 Å². The lowest BCUT2D eigenvalue weighted by Gasteiger charge is -2.26. The molecule has 10 heteroatoms. The molecule has 4 fully saturated rings. The summed E-state index contributed by atoms with van der Waals surface area (Å²) >= 11 is 0. The standard InChI is InChI=1S/C24H36N4O5S/c29-23(27-24(17-3-4-17)18-5-6-18)16-26-22-14-20(34(30,31)28-9-12-32-13-10-28)7-8-21(22)25-15-19-2-1-11-33-19/h7-8,14,17-19,24-26H,1-6,9-13,15-16H2,(H,27,29). The molecule has 2 aliphatic carbocycles. The highest BCUT2D eigenvalue weighted by atomic mass is 32.2. The van der Waals surface area contributed by atoms with Crippen LogP contribution in [-0.2, 0) is 24.3 Å². The minimum atomic E-state index is -3.64. The topological polar surface area (TPSA) is 109 Å². The van der Waals surface area contributed by atoms with Gasteiger partial charge in [-0.3, -0.25) is 4.79 Å². The van der Waals surface area contributed by atoms with E-state index in [1.807, 2.05) is 0 Å². The van der Waals surface area contributed by atoms with E-state index in [0.717, 1.165) is 25.1 Å². The van der Waals surface area contributed by atoms with Gasteiger partial charge in [-0.25, -0.2) is 8.42 Å². The van der Waals surface area contributed by atoms with E-state index in [-0.39, 0.29) is 23.5 Å². The van der Waals surface area contributed by atoms with Crippen LogP contribution in [0.25, 0.3) is 0 Å². The second-order valence-corrected chi connectivity index (χ2v) is 11.8. The summed E-state index contributed by atoms with van der Waals surface area (Å²) < 4.78 is 38.8. The first-order valence-corrected chi connectivity index (χ1v) is 14.1. The molecule has 1 aromatic carbocycles. The predicted octanol–water partition coefficient (Wildman–Crippen LogP) is 2.02. The van der Waals surface area contributed by atoms with E-state index >= 15 is 0 Å². The lowest BCUT2D eigenvalue weighted by molar-refractivity contribution is -0.120. The number of sulfonamides is 1. The maximum atomic E-state index is 13.2. The van der Waals surface area contributed by atoms with Gasteiger partial charge in [0.1, 0.15) is 0 Å². The first-order chi connectivity index (χ1) is 16.5. The highest BCUT2D eigenvalue weighted by Crippen LogP contribution is 2.44. The van der Waals surface area contributed by atoms with Gasteiger partial charge in [0.2, 0.25) is 15.9 Å². The number of nitrogens with zero attached hydrogens (tertiary/aromatic N) is 1. The zero-order valence-electron chi connectivity index (χ0n) is 19.6. The molecule has 34 heavy (non-hydrogen) atoms. The van der Waals surface area contributed by atoms with E-state index < -0.39 is 10.0 Å². The molecule has 188 valence electrons. The lowest BCUT2D eigenvalue weighted by atomic mass is 10.1. The summed E-state index contributed by atoms with van der Waals surface area (Å²) in [5.74, 6) is 1.21. The van der Waals surface area contributed by atoms with Crippen molar-refractivity contribution in [3.63, 3.8) is 0 Å². The Morgan fingerprint density at radius 1 is 1.00 bits per heavy atom. The van der Waals surface area contributed by atoms with Crippen molar-refractivity contribution in [1.29, 1.82) is 0 Å². The maximum absolute atomic E-state index is 13.2. The summed E-state index contributed by atoms with van der Waals surface area (Å²) in [5.41, 5.74) is 1.38. The summed E-state index contributed by atoms with van der Waals surface area (Å²) in [6, 6.07) is 5.33. The number of rotatable bonds is 11. The molecule has 0 spiro atoms. The van der Waals surface area contributed by atoms with E-state index in [1.54, 1.807) is 18.2 Å². The number of benzene rings is 1. The quantitative estimate of drug-likeness (QED) is 0.434. The van der Waals surface area contributed by atoms with Gasteiger partial charge < -0.3 is 25.4 Å². The molecule has 4 aliphatic rings. The Labute approximate surface area is 202 Å². The zero-order chi connectivity index (χ0) is 23.5. The Hall–Kier alpha value is -1.88. The Bertz CT molecular complexity index is 956. The summed E-state index contributed by atoms with van der Waals surface area (Å²) in [5, 5.41) is 9.81. The number of ether oxygens (including phenoxy) is 2. The van der Waals surface area contributed by atoms with Crippen LogP contribution in [0.5, 0.6) is 0 Å². The third-order valence-corrected chi connectivity index (χ3v) is 9.06. The van der Waals surface area contributed by atoms with Crippen molar-refractivity contribution in [2.45, 2.75) is 55.6 Å². The fraction of sp³-hybridized carbons (Fsp3) is 0.708. The van der Waals surface area contributed by atoms with Gasteiger partial charge in [0, 0.05) is 32.3 Å². The Kier molecular flexibility index (Phi) is 7.29. The second kappa shape index (κ2) is 10.4. The third-order valence-electron chi connectivity index (χ3n) is 7.17. The first kappa shape index (κ1) is 23.8. The normalized spacial score (nSPS) is 23.7. The van der Waals surface area contributed by atoms with Crippen LogP contribution in [0.2, 0.25) is 0 Å². The number of carbonyl (C=O) groups is 1. The summed E-state index contributed by atoms with van der Waals surface area (Å²) in [6.07, 6.45) is 7.01. The van der Waals surface area contributed by atoms with Gasteiger partial charge in [-0.05, 0) is 68.6 Å². The van der Waals surface area contributed by atoms with Crippen LogP contribution in [0.1, 0.15) is 38.5 Å². The zero-order valence-corrected chi connectivity index (χ0v) is 20.4. The summed E-state index contributed by atoms with van der Waals surface area (Å²) in [4.78, 5) is 13.0. The molecule has 0 radical (unpaired) electrons.